The summed E-state index contributed by atoms with van der Waals surface area (Å²) in [4.78, 5) is 0. The maximum Gasteiger partial charge on any atom is 0.0544 e. The summed E-state index contributed by atoms with van der Waals surface area (Å²) in [5, 5.41) is 10.2. The van der Waals surface area contributed by atoms with Crippen LogP contribution in [0.2, 0.25) is 0 Å². The molecular formula is C59H44N2. The zero-order valence-corrected chi connectivity index (χ0v) is 34.9. The summed E-state index contributed by atoms with van der Waals surface area (Å²) in [6, 6.07) is 61.2. The van der Waals surface area contributed by atoms with Crippen LogP contribution in [0.1, 0.15) is 38.8 Å². The highest BCUT2D eigenvalue weighted by Crippen LogP contribution is 2.61. The first-order valence-corrected chi connectivity index (χ1v) is 21.8. The minimum Gasteiger partial charge on any atom is -0.313 e. The highest BCUT2D eigenvalue weighted by molar-refractivity contribution is 6.23. The maximum absolute atomic E-state index is 2.61. The minimum atomic E-state index is -0.171. The number of para-hydroxylation sites is 1. The molecule has 13 rings (SSSR count). The summed E-state index contributed by atoms with van der Waals surface area (Å²) >= 11 is 0. The Hall–Kier alpha value is -7.16. The molecule has 3 aliphatic carbocycles. The Morgan fingerprint density at radius 3 is 1.98 bits per heavy atom. The fraction of sp³-hybridized carbons (Fsp3) is 0.119. The minimum absolute atomic E-state index is 0.0803. The van der Waals surface area contributed by atoms with E-state index < -0.39 is 0 Å². The van der Waals surface area contributed by atoms with Gasteiger partial charge in [0, 0.05) is 49.7 Å². The molecule has 0 radical (unpaired) electrons. The van der Waals surface area contributed by atoms with E-state index in [2.05, 4.69) is 225 Å². The second-order valence-corrected chi connectivity index (χ2v) is 18.3. The average molecular weight is 781 g/mol. The van der Waals surface area contributed by atoms with Crippen molar-refractivity contribution in [2.24, 2.45) is 11.3 Å². The fourth-order valence-corrected chi connectivity index (χ4v) is 11.6. The Morgan fingerprint density at radius 1 is 0.508 bits per heavy atom. The molecule has 2 heteroatoms. The van der Waals surface area contributed by atoms with Crippen molar-refractivity contribution in [3.8, 4) is 16.8 Å². The van der Waals surface area contributed by atoms with Gasteiger partial charge in [0.25, 0.3) is 0 Å². The average Bonchev–Trinajstić information content (AvgIpc) is 3.81. The molecule has 2 aromatic heterocycles. The van der Waals surface area contributed by atoms with E-state index in [1.807, 2.05) is 0 Å². The van der Waals surface area contributed by atoms with Gasteiger partial charge in [-0.05, 0) is 115 Å². The van der Waals surface area contributed by atoms with Crippen LogP contribution in [0.15, 0.2) is 199 Å². The van der Waals surface area contributed by atoms with E-state index in [1.54, 1.807) is 0 Å². The third kappa shape index (κ3) is 4.63. The lowest BCUT2D eigenvalue weighted by molar-refractivity contribution is 0.384. The lowest BCUT2D eigenvalue weighted by Gasteiger charge is -2.50. The molecule has 8 aromatic carbocycles. The van der Waals surface area contributed by atoms with Gasteiger partial charge in [-0.3, -0.25) is 0 Å². The van der Waals surface area contributed by atoms with Crippen LogP contribution in [0.5, 0.6) is 0 Å². The predicted octanol–water partition coefficient (Wildman–Crippen LogP) is 15.6. The van der Waals surface area contributed by atoms with Crippen molar-refractivity contribution >= 4 is 76.4 Å². The smallest absolute Gasteiger partial charge is 0.0544 e. The predicted molar refractivity (Wildman–Crippen MR) is 259 cm³/mol. The number of nitrogens with zero attached hydrogens (tertiary/aromatic N) is 2. The topological polar surface area (TPSA) is 9.86 Å². The monoisotopic (exact) mass is 780 g/mol. The number of benzene rings is 8. The van der Waals surface area contributed by atoms with Crippen LogP contribution >= 0.6 is 0 Å². The molecular weight excluding hydrogens is 737 g/mol. The van der Waals surface area contributed by atoms with E-state index in [9.17, 15) is 0 Å². The van der Waals surface area contributed by atoms with Crippen LogP contribution in [0.3, 0.4) is 0 Å². The van der Waals surface area contributed by atoms with Crippen molar-refractivity contribution < 1.29 is 0 Å². The molecule has 10 aromatic rings. The number of hydrogen-bond acceptors (Lipinski definition) is 0. The SMILES string of the molecule is CC1C(n2c3ccc(-c4ccc5c(c4)c4ccccc4n5-c4ccc5ccccc5c4)cc3c3c4ccccc4ccc32)=CC2=C3C(=CC=C[C@@]31C)C(C)(C)c1ccccc12. The Labute approximate surface area is 355 Å². The zero-order chi connectivity index (χ0) is 40.8. The molecule has 0 fully saturated rings. The normalized spacial score (nSPS) is 19.2. The van der Waals surface area contributed by atoms with E-state index in [-0.39, 0.29) is 16.7 Å². The number of fused-ring (bicyclic) bond motifs is 11. The Morgan fingerprint density at radius 2 is 1.15 bits per heavy atom. The van der Waals surface area contributed by atoms with Gasteiger partial charge in [0.2, 0.25) is 0 Å². The first-order chi connectivity index (χ1) is 29.8. The van der Waals surface area contributed by atoms with Crippen molar-refractivity contribution in [1.29, 1.82) is 0 Å². The summed E-state index contributed by atoms with van der Waals surface area (Å²) < 4.78 is 5.03. The molecule has 0 amide bonds. The van der Waals surface area contributed by atoms with Crippen LogP contribution in [0, 0.1) is 11.3 Å². The molecule has 61 heavy (non-hydrogen) atoms. The second kappa shape index (κ2) is 12.2. The summed E-state index contributed by atoms with van der Waals surface area (Å²) in [6.45, 7) is 9.73. The zero-order valence-electron chi connectivity index (χ0n) is 34.9. The van der Waals surface area contributed by atoms with E-state index >= 15 is 0 Å². The molecule has 1 unspecified atom stereocenters. The van der Waals surface area contributed by atoms with Gasteiger partial charge < -0.3 is 9.13 Å². The molecule has 290 valence electrons. The van der Waals surface area contributed by atoms with Crippen LogP contribution in [0.25, 0.3) is 93.2 Å². The Kier molecular flexibility index (Phi) is 6.94. The largest absolute Gasteiger partial charge is 0.313 e. The standard InChI is InChI=1S/C59H44N2/c1-36-55(35-47-44-18-9-11-20-49(44)58(2,3)50-21-13-31-59(36,4)57(47)50)61-53-29-26-41(34-48(53)56-43-17-8-7-15-38(43)24-30-54(56)61)40-25-28-52-46(33-40)45-19-10-12-22-51(45)60(52)42-27-23-37-14-5-6-16-39(37)32-42/h5-36H,1-4H3/t36?,59-/m1/s1. The van der Waals surface area contributed by atoms with Crippen molar-refractivity contribution in [1.82, 2.24) is 9.13 Å². The van der Waals surface area contributed by atoms with E-state index in [0.29, 0.717) is 0 Å². The van der Waals surface area contributed by atoms with Gasteiger partial charge in [-0.1, -0.05) is 161 Å². The van der Waals surface area contributed by atoms with Crippen molar-refractivity contribution in [2.45, 2.75) is 33.1 Å². The second-order valence-electron chi connectivity index (χ2n) is 18.3. The van der Waals surface area contributed by atoms with Gasteiger partial charge in [0.15, 0.2) is 0 Å². The van der Waals surface area contributed by atoms with Crippen LogP contribution in [-0.4, -0.2) is 9.13 Å². The van der Waals surface area contributed by atoms with Gasteiger partial charge in [-0.2, -0.15) is 0 Å². The molecule has 0 saturated heterocycles. The molecule has 0 bridgehead atoms. The number of hydrogen-bond donors (Lipinski definition) is 0. The van der Waals surface area contributed by atoms with Crippen LogP contribution < -0.4 is 0 Å². The van der Waals surface area contributed by atoms with Crippen molar-refractivity contribution in [2.75, 3.05) is 0 Å². The summed E-state index contributed by atoms with van der Waals surface area (Å²) in [5.74, 6) is 0.222. The molecule has 2 nitrogen and oxygen atoms in total. The van der Waals surface area contributed by atoms with Gasteiger partial charge in [-0.15, -0.1) is 0 Å². The highest BCUT2D eigenvalue weighted by atomic mass is 15.0. The van der Waals surface area contributed by atoms with Crippen molar-refractivity contribution in [3.63, 3.8) is 0 Å². The van der Waals surface area contributed by atoms with Gasteiger partial charge >= 0.3 is 0 Å². The highest BCUT2D eigenvalue weighted by Gasteiger charge is 2.49. The van der Waals surface area contributed by atoms with E-state index in [1.165, 1.54) is 116 Å². The fourth-order valence-electron chi connectivity index (χ4n) is 11.6. The lowest BCUT2D eigenvalue weighted by Crippen LogP contribution is -2.40. The molecule has 0 spiro atoms. The Bertz CT molecular complexity index is 3700. The maximum atomic E-state index is 2.61. The first-order valence-electron chi connectivity index (χ1n) is 21.8. The summed E-state index contributed by atoms with van der Waals surface area (Å²) in [7, 11) is 0. The van der Waals surface area contributed by atoms with E-state index in [4.69, 9.17) is 0 Å². The quantitative estimate of drug-likeness (QED) is 0.169. The third-order valence-electron chi connectivity index (χ3n) is 14.9. The molecule has 3 aliphatic rings. The lowest BCUT2D eigenvalue weighted by atomic mass is 9.54. The third-order valence-corrected chi connectivity index (χ3v) is 14.9. The first kappa shape index (κ1) is 34.7. The molecule has 2 heterocycles. The molecule has 0 aliphatic heterocycles. The van der Waals surface area contributed by atoms with Crippen LogP contribution in [0.4, 0.5) is 0 Å². The number of aromatic nitrogens is 2. The van der Waals surface area contributed by atoms with Gasteiger partial charge in [-0.25, -0.2) is 0 Å². The molecule has 2 atom stereocenters. The van der Waals surface area contributed by atoms with Gasteiger partial charge in [0.1, 0.15) is 0 Å². The van der Waals surface area contributed by atoms with E-state index in [0.717, 1.165) is 0 Å². The molecule has 0 saturated carbocycles. The summed E-state index contributed by atoms with van der Waals surface area (Å²) in [5.41, 5.74) is 16.7. The molecule has 0 N–H and O–H groups in total. The van der Waals surface area contributed by atoms with Crippen molar-refractivity contribution in [3.05, 3.63) is 210 Å². The van der Waals surface area contributed by atoms with Crippen LogP contribution in [-0.2, 0) is 5.41 Å². The summed E-state index contributed by atoms with van der Waals surface area (Å²) in [6.07, 6.45) is 9.73. The Balaban J connectivity index is 1.04. The number of rotatable bonds is 3. The van der Waals surface area contributed by atoms with Gasteiger partial charge in [0.05, 0.1) is 22.1 Å². The number of allylic oxidation sites excluding steroid dienone is 8.